The van der Waals surface area contributed by atoms with Crippen LogP contribution in [0.4, 0.5) is 0 Å². The number of para-hydroxylation sites is 1. The van der Waals surface area contributed by atoms with Crippen molar-refractivity contribution >= 4 is 32.8 Å². The van der Waals surface area contributed by atoms with Crippen molar-refractivity contribution in [1.82, 2.24) is 14.1 Å². The van der Waals surface area contributed by atoms with E-state index in [1.165, 1.54) is 27.8 Å². The number of ether oxygens (including phenoxy) is 1. The zero-order valence-corrected chi connectivity index (χ0v) is 40.6. The molecule has 63 heavy (non-hydrogen) atoms. The van der Waals surface area contributed by atoms with Gasteiger partial charge in [-0.25, -0.2) is 4.98 Å². The quantitative estimate of drug-likeness (QED) is 0.118. The summed E-state index contributed by atoms with van der Waals surface area (Å²) in [6, 6.07) is 54.7. The van der Waals surface area contributed by atoms with E-state index in [4.69, 9.17) is 9.72 Å². The molecule has 0 bridgehead atoms. The molecule has 322 valence electrons. The van der Waals surface area contributed by atoms with Gasteiger partial charge >= 0.3 is 0 Å². The summed E-state index contributed by atoms with van der Waals surface area (Å²) in [7, 11) is 0. The third-order valence-corrected chi connectivity index (χ3v) is 12.4. The van der Waals surface area contributed by atoms with Crippen LogP contribution < -0.4 is 9.30 Å². The largest absolute Gasteiger partial charge is 0.510 e. The van der Waals surface area contributed by atoms with E-state index in [9.17, 15) is 0 Å². The molecule has 0 aliphatic rings. The minimum Gasteiger partial charge on any atom is -0.510 e. The second-order valence-corrected chi connectivity index (χ2v) is 20.3. The fourth-order valence-electron chi connectivity index (χ4n) is 8.42. The number of nitrogens with zero attached hydrogens (tertiary/aromatic N) is 4. The van der Waals surface area contributed by atoms with Crippen LogP contribution in [0.1, 0.15) is 104 Å². The topological polar surface area (TPSA) is 35.9 Å². The first-order valence-electron chi connectivity index (χ1n) is 21.7. The Kier molecular flexibility index (Phi) is 11.2. The maximum absolute atomic E-state index is 6.68. The molecule has 6 heteroatoms. The molecule has 0 atom stereocenters. The van der Waals surface area contributed by atoms with Crippen molar-refractivity contribution < 1.29 is 30.4 Å². The molecule has 0 aliphatic heterocycles. The van der Waals surface area contributed by atoms with Gasteiger partial charge in [0.25, 0.3) is 6.33 Å². The molecule has 6 aromatic carbocycles. The van der Waals surface area contributed by atoms with Crippen molar-refractivity contribution in [2.75, 3.05) is 0 Å². The van der Waals surface area contributed by atoms with Gasteiger partial charge in [0.2, 0.25) is 0 Å². The second-order valence-electron chi connectivity index (χ2n) is 20.3. The normalized spacial score (nSPS) is 12.6. The predicted molar refractivity (Wildman–Crippen MR) is 255 cm³/mol. The molecule has 9 aromatic rings. The van der Waals surface area contributed by atoms with Crippen molar-refractivity contribution in [1.29, 1.82) is 0 Å². The minimum atomic E-state index is -0.224. The number of pyridine rings is 1. The van der Waals surface area contributed by atoms with E-state index >= 15 is 0 Å². The number of hydrogen-bond acceptors (Lipinski definition) is 2. The maximum atomic E-state index is 6.68. The molecule has 0 unspecified atom stereocenters. The Labute approximate surface area is 387 Å². The Morgan fingerprint density at radius 2 is 1.19 bits per heavy atom. The zero-order chi connectivity index (χ0) is 43.8. The van der Waals surface area contributed by atoms with Crippen molar-refractivity contribution in [2.45, 2.75) is 97.8 Å². The van der Waals surface area contributed by atoms with Crippen LogP contribution in [0, 0.1) is 18.5 Å². The van der Waals surface area contributed by atoms with E-state index in [-0.39, 0.29) is 42.7 Å². The minimum absolute atomic E-state index is 0. The summed E-state index contributed by atoms with van der Waals surface area (Å²) >= 11 is 0. The van der Waals surface area contributed by atoms with E-state index in [1.54, 1.807) is 0 Å². The van der Waals surface area contributed by atoms with Crippen LogP contribution in [-0.4, -0.2) is 14.1 Å². The van der Waals surface area contributed by atoms with Gasteiger partial charge in [0.15, 0.2) is 0 Å². The summed E-state index contributed by atoms with van der Waals surface area (Å²) in [4.78, 5) is 4.94. The number of rotatable bonds is 7. The number of hydrogen-bond donors (Lipinski definition) is 0. The van der Waals surface area contributed by atoms with E-state index < -0.39 is 0 Å². The molecule has 3 heterocycles. The average Bonchev–Trinajstić information content (AvgIpc) is 3.79. The summed E-state index contributed by atoms with van der Waals surface area (Å²) in [5.74, 6) is 2.01. The van der Waals surface area contributed by atoms with Crippen LogP contribution in [0.15, 0.2) is 140 Å². The Bertz CT molecular complexity index is 3100. The van der Waals surface area contributed by atoms with E-state index in [0.29, 0.717) is 11.5 Å². The van der Waals surface area contributed by atoms with Crippen LogP contribution in [0.2, 0.25) is 0 Å². The van der Waals surface area contributed by atoms with Gasteiger partial charge in [-0.3, -0.25) is 4.57 Å². The van der Waals surface area contributed by atoms with Gasteiger partial charge in [0, 0.05) is 49.7 Å². The monoisotopic (exact) mass is 1010 g/mol. The van der Waals surface area contributed by atoms with E-state index in [0.717, 1.165) is 50.0 Å². The zero-order valence-electron chi connectivity index (χ0n) is 38.3. The molecular formula is C57H56N4OPt-2. The van der Waals surface area contributed by atoms with Crippen molar-refractivity contribution in [2.24, 2.45) is 0 Å². The SMILES string of the molecule is CC(C)(C)c1cc(-[n+]2[c-]n(-c3[c-]c(Oc4[c-]c5c(cc4)c4ccccc4n5-c4cc(C(C)(C)c5ccccc5)ccn4)ccc3)c3cc(C(C)(C)C)ccc32)cc(C(C)(C)C)c1.[Pt]. The molecule has 9 rings (SSSR count). The summed E-state index contributed by atoms with van der Waals surface area (Å²) in [6.45, 7) is 25.0. The number of benzene rings is 6. The van der Waals surface area contributed by atoms with E-state index in [1.807, 2.05) is 24.4 Å². The molecular weight excluding hydrogens is 952 g/mol. The van der Waals surface area contributed by atoms with Crippen LogP contribution in [0.5, 0.6) is 11.5 Å². The molecule has 0 amide bonds. The molecule has 0 saturated heterocycles. The number of fused-ring (bicyclic) bond motifs is 4. The van der Waals surface area contributed by atoms with Crippen molar-refractivity contribution in [3.05, 3.63) is 186 Å². The third kappa shape index (κ3) is 8.29. The first-order chi connectivity index (χ1) is 29.4. The Hall–Kier alpha value is -5.77. The van der Waals surface area contributed by atoms with Crippen LogP contribution in [0.25, 0.3) is 50.0 Å². The maximum Gasteiger partial charge on any atom is 0.268 e. The van der Waals surface area contributed by atoms with Gasteiger partial charge in [-0.2, -0.15) is 18.2 Å². The summed E-state index contributed by atoms with van der Waals surface area (Å²) < 4.78 is 13.2. The molecule has 0 radical (unpaired) electrons. The third-order valence-electron chi connectivity index (χ3n) is 12.4. The first-order valence-corrected chi connectivity index (χ1v) is 21.7. The molecule has 0 spiro atoms. The van der Waals surface area contributed by atoms with Crippen molar-refractivity contribution in [3.63, 3.8) is 0 Å². The van der Waals surface area contributed by atoms with Gasteiger partial charge in [-0.05, 0) is 91.5 Å². The standard InChI is InChI=1S/C57H56N4O.Pt/c1-54(2,3)39-24-27-50-52(33-39)59(37-60(50)44-31-41(55(4,5)6)30-42(32-44)56(7,8)9)43-20-17-21-45(35-43)62-46-25-26-48-47-22-15-16-23-49(47)61(51(48)36-46)53-34-40(28-29-58-53)57(10,11)38-18-13-12-14-19-38;/h12-34H,1-11H3;/q-2;. The van der Waals surface area contributed by atoms with Gasteiger partial charge in [-0.15, -0.1) is 29.7 Å². The van der Waals surface area contributed by atoms with Crippen LogP contribution in [-0.2, 0) is 42.7 Å². The Morgan fingerprint density at radius 1 is 0.524 bits per heavy atom. The predicted octanol–water partition coefficient (Wildman–Crippen LogP) is 13.8. The van der Waals surface area contributed by atoms with Crippen molar-refractivity contribution in [3.8, 4) is 28.7 Å². The number of aromatic nitrogens is 4. The summed E-state index contributed by atoms with van der Waals surface area (Å²) in [5, 5.41) is 2.21. The second kappa shape index (κ2) is 16.1. The van der Waals surface area contributed by atoms with Crippen LogP contribution >= 0.6 is 0 Å². The van der Waals surface area contributed by atoms with Gasteiger partial charge in [-0.1, -0.05) is 148 Å². The number of imidazole rings is 1. The van der Waals surface area contributed by atoms with E-state index in [2.05, 4.69) is 224 Å². The van der Waals surface area contributed by atoms with Gasteiger partial charge < -0.3 is 13.9 Å². The average molecular weight is 1010 g/mol. The molecule has 0 aliphatic carbocycles. The summed E-state index contributed by atoms with van der Waals surface area (Å²) in [5.41, 5.74) is 11.9. The molecule has 0 fully saturated rings. The molecule has 0 N–H and O–H groups in total. The Balaban J connectivity index is 0.00000544. The van der Waals surface area contributed by atoms with Gasteiger partial charge in [0.05, 0.1) is 16.7 Å². The molecule has 0 saturated carbocycles. The fourth-order valence-corrected chi connectivity index (χ4v) is 8.42. The molecule has 5 nitrogen and oxygen atoms in total. The summed E-state index contributed by atoms with van der Waals surface area (Å²) in [6.07, 6.45) is 5.68. The fraction of sp³-hybridized carbons (Fsp3) is 0.263. The smallest absolute Gasteiger partial charge is 0.268 e. The first kappa shape index (κ1) is 43.9. The van der Waals surface area contributed by atoms with Gasteiger partial charge in [0.1, 0.15) is 5.82 Å². The Morgan fingerprint density at radius 3 is 1.89 bits per heavy atom. The van der Waals surface area contributed by atoms with Crippen LogP contribution in [0.3, 0.4) is 0 Å². The molecule has 3 aromatic heterocycles.